The molecule has 2 N–H and O–H groups in total. The van der Waals surface area contributed by atoms with Gasteiger partial charge in [-0.1, -0.05) is 35.5 Å². The van der Waals surface area contributed by atoms with Crippen LogP contribution in [0, 0.1) is 11.8 Å². The second-order valence-electron chi connectivity index (χ2n) is 9.02. The number of nitrogens with zero attached hydrogens (tertiary/aromatic N) is 3. The summed E-state index contributed by atoms with van der Waals surface area (Å²) in [6.07, 6.45) is 2.45. The lowest BCUT2D eigenvalue weighted by molar-refractivity contribution is -0.122. The average molecular weight is 428 g/mol. The number of likely N-dealkylation sites (N-methyl/N-ethyl adjacent to an activating group) is 1. The number of aromatic nitrogens is 1. The first-order valence-electron chi connectivity index (χ1n) is 11.3. The van der Waals surface area contributed by atoms with Crippen molar-refractivity contribution in [3.63, 3.8) is 0 Å². The molecule has 1 aromatic heterocycles. The number of amides is 1. The van der Waals surface area contributed by atoms with Gasteiger partial charge in [-0.05, 0) is 64.5 Å². The van der Waals surface area contributed by atoms with Crippen molar-refractivity contribution in [2.45, 2.75) is 32.4 Å². The van der Waals surface area contributed by atoms with E-state index in [1.54, 1.807) is 0 Å². The van der Waals surface area contributed by atoms with Gasteiger partial charge in [0.25, 0.3) is 0 Å². The van der Waals surface area contributed by atoms with Crippen LogP contribution in [0.4, 0.5) is 0 Å². The van der Waals surface area contributed by atoms with E-state index >= 15 is 0 Å². The van der Waals surface area contributed by atoms with Crippen molar-refractivity contribution in [2.24, 2.45) is 11.8 Å². The molecule has 1 amide bonds. The number of hydrogen-bond donors (Lipinski definition) is 2. The van der Waals surface area contributed by atoms with Gasteiger partial charge >= 0.3 is 0 Å². The third-order valence-corrected chi connectivity index (χ3v) is 5.89. The molecule has 7 heteroatoms. The topological polar surface area (TPSA) is 73.6 Å². The van der Waals surface area contributed by atoms with Gasteiger partial charge in [0.1, 0.15) is 0 Å². The Labute approximate surface area is 186 Å². The van der Waals surface area contributed by atoms with E-state index in [4.69, 9.17) is 4.52 Å². The molecule has 1 fully saturated rings. The minimum absolute atomic E-state index is 0.155. The lowest BCUT2D eigenvalue weighted by Gasteiger charge is -2.31. The fourth-order valence-corrected chi connectivity index (χ4v) is 4.23. The van der Waals surface area contributed by atoms with Crippen LogP contribution in [0.5, 0.6) is 0 Å². The summed E-state index contributed by atoms with van der Waals surface area (Å²) in [5, 5.41) is 10.8. The zero-order valence-corrected chi connectivity index (χ0v) is 19.1. The van der Waals surface area contributed by atoms with Crippen LogP contribution in [0.25, 0.3) is 0 Å². The maximum absolute atomic E-state index is 12.4. The van der Waals surface area contributed by atoms with Gasteiger partial charge < -0.3 is 20.1 Å². The van der Waals surface area contributed by atoms with Gasteiger partial charge in [0.05, 0.1) is 12.2 Å². The van der Waals surface area contributed by atoms with E-state index in [-0.39, 0.29) is 5.91 Å². The van der Waals surface area contributed by atoms with Gasteiger partial charge in [-0.2, -0.15) is 0 Å². The van der Waals surface area contributed by atoms with E-state index in [9.17, 15) is 4.79 Å². The van der Waals surface area contributed by atoms with Crippen molar-refractivity contribution in [1.29, 1.82) is 0 Å². The van der Waals surface area contributed by atoms with E-state index < -0.39 is 0 Å². The zero-order valence-electron chi connectivity index (χ0n) is 19.1. The molecule has 0 aliphatic carbocycles. The summed E-state index contributed by atoms with van der Waals surface area (Å²) < 4.78 is 5.61. The van der Waals surface area contributed by atoms with Crippen molar-refractivity contribution in [3.05, 3.63) is 53.4 Å². The highest BCUT2D eigenvalue weighted by Gasteiger charge is 2.28. The number of carbonyl (C=O) groups is 1. The van der Waals surface area contributed by atoms with Crippen LogP contribution in [0.15, 0.2) is 40.9 Å². The molecule has 2 aromatic rings. The maximum atomic E-state index is 12.4. The summed E-state index contributed by atoms with van der Waals surface area (Å²) in [6, 6.07) is 12.5. The van der Waals surface area contributed by atoms with Crippen LogP contribution in [0.3, 0.4) is 0 Å². The number of carbonyl (C=O) groups excluding carboxylic acids is 1. The van der Waals surface area contributed by atoms with Crippen LogP contribution in [-0.2, 0) is 24.3 Å². The molecular weight excluding hydrogens is 390 g/mol. The SMILES string of the molecule is CN(C)CCNC(=O)CC1CCNCC1Cc1cc(CN(C)Cc2ccccc2)on1. The normalized spacial score (nSPS) is 19.1. The summed E-state index contributed by atoms with van der Waals surface area (Å²) in [5.41, 5.74) is 2.26. The first kappa shape index (κ1) is 23.4. The third kappa shape index (κ3) is 8.09. The minimum Gasteiger partial charge on any atom is -0.360 e. The summed E-state index contributed by atoms with van der Waals surface area (Å²) in [6.45, 7) is 5.05. The molecule has 2 heterocycles. The highest BCUT2D eigenvalue weighted by atomic mass is 16.5. The van der Waals surface area contributed by atoms with Crippen LogP contribution in [0.2, 0.25) is 0 Å². The van der Waals surface area contributed by atoms with Gasteiger partial charge in [-0.25, -0.2) is 0 Å². The fourth-order valence-electron chi connectivity index (χ4n) is 4.23. The second-order valence-corrected chi connectivity index (χ2v) is 9.02. The van der Waals surface area contributed by atoms with Gasteiger partial charge in [-0.3, -0.25) is 9.69 Å². The molecule has 7 nitrogen and oxygen atoms in total. The van der Waals surface area contributed by atoms with Crippen LogP contribution in [0.1, 0.15) is 29.9 Å². The summed E-state index contributed by atoms with van der Waals surface area (Å²) in [7, 11) is 6.12. The molecular formula is C24H37N5O2. The van der Waals surface area contributed by atoms with Crippen molar-refractivity contribution in [2.75, 3.05) is 47.3 Å². The lowest BCUT2D eigenvalue weighted by Crippen LogP contribution is -2.41. The van der Waals surface area contributed by atoms with Gasteiger partial charge in [0.15, 0.2) is 5.76 Å². The molecule has 0 bridgehead atoms. The fraction of sp³-hybridized carbons (Fsp3) is 0.583. The summed E-state index contributed by atoms with van der Waals surface area (Å²) in [5.74, 6) is 1.81. The van der Waals surface area contributed by atoms with E-state index in [1.165, 1.54) is 5.56 Å². The molecule has 31 heavy (non-hydrogen) atoms. The summed E-state index contributed by atoms with van der Waals surface area (Å²) in [4.78, 5) is 16.7. The first-order valence-corrected chi connectivity index (χ1v) is 11.3. The Bertz CT molecular complexity index is 792. The minimum atomic E-state index is 0.155. The smallest absolute Gasteiger partial charge is 0.220 e. The molecule has 0 spiro atoms. The molecule has 0 radical (unpaired) electrons. The molecule has 2 atom stereocenters. The maximum Gasteiger partial charge on any atom is 0.220 e. The standard InChI is InChI=1S/C24H37N5O2/c1-28(2)12-11-26-24(30)14-20-9-10-25-16-21(20)13-22-15-23(31-27-22)18-29(3)17-19-7-5-4-6-8-19/h4-8,15,20-21,25H,9-14,16-18H2,1-3H3,(H,26,30). The van der Waals surface area contributed by atoms with Crippen molar-refractivity contribution in [1.82, 2.24) is 25.6 Å². The number of benzene rings is 1. The number of nitrogens with one attached hydrogen (secondary N) is 2. The highest BCUT2D eigenvalue weighted by molar-refractivity contribution is 5.76. The Morgan fingerprint density at radius 1 is 1.19 bits per heavy atom. The number of hydrogen-bond acceptors (Lipinski definition) is 6. The molecule has 1 aliphatic rings. The second kappa shape index (κ2) is 12.0. The zero-order chi connectivity index (χ0) is 22.1. The Morgan fingerprint density at radius 3 is 2.77 bits per heavy atom. The highest BCUT2D eigenvalue weighted by Crippen LogP contribution is 2.26. The number of piperidine rings is 1. The molecule has 1 aromatic carbocycles. The Morgan fingerprint density at radius 2 is 2.00 bits per heavy atom. The van der Waals surface area contributed by atoms with Gasteiger partial charge in [0, 0.05) is 32.1 Å². The monoisotopic (exact) mass is 427 g/mol. The van der Waals surface area contributed by atoms with Gasteiger partial charge in [-0.15, -0.1) is 0 Å². The predicted molar refractivity (Wildman–Crippen MR) is 122 cm³/mol. The molecule has 170 valence electrons. The predicted octanol–water partition coefficient (Wildman–Crippen LogP) is 2.14. The van der Waals surface area contributed by atoms with Gasteiger partial charge in [0.2, 0.25) is 5.91 Å². The van der Waals surface area contributed by atoms with Crippen LogP contribution in [-0.4, -0.2) is 68.2 Å². The average Bonchev–Trinajstić information content (AvgIpc) is 3.16. The van der Waals surface area contributed by atoms with Crippen LogP contribution >= 0.6 is 0 Å². The first-order chi connectivity index (χ1) is 15.0. The van der Waals surface area contributed by atoms with Crippen molar-refractivity contribution in [3.8, 4) is 0 Å². The molecule has 1 saturated heterocycles. The van der Waals surface area contributed by atoms with Crippen molar-refractivity contribution >= 4 is 5.91 Å². The molecule has 3 rings (SSSR count). The van der Waals surface area contributed by atoms with Crippen molar-refractivity contribution < 1.29 is 9.32 Å². The summed E-state index contributed by atoms with van der Waals surface area (Å²) >= 11 is 0. The van der Waals surface area contributed by atoms with E-state index in [1.807, 2.05) is 20.2 Å². The number of rotatable bonds is 11. The molecule has 0 saturated carbocycles. The largest absolute Gasteiger partial charge is 0.360 e. The lowest BCUT2D eigenvalue weighted by atomic mass is 9.81. The quantitative estimate of drug-likeness (QED) is 0.572. The van der Waals surface area contributed by atoms with E-state index in [0.29, 0.717) is 24.8 Å². The van der Waals surface area contributed by atoms with E-state index in [2.05, 4.69) is 63.0 Å². The molecule has 1 aliphatic heterocycles. The third-order valence-electron chi connectivity index (χ3n) is 5.89. The Balaban J connectivity index is 1.48. The van der Waals surface area contributed by atoms with Crippen LogP contribution < -0.4 is 10.6 Å². The Hall–Kier alpha value is -2.22. The Kier molecular flexibility index (Phi) is 9.06. The molecule has 2 unspecified atom stereocenters. The van der Waals surface area contributed by atoms with E-state index in [0.717, 1.165) is 57.0 Å².